The highest BCUT2D eigenvalue weighted by Crippen LogP contribution is 2.30. The lowest BCUT2D eigenvalue weighted by atomic mass is 10.2. The van der Waals surface area contributed by atoms with Crippen LogP contribution in [-0.2, 0) is 4.74 Å². The molecule has 0 aliphatic heterocycles. The van der Waals surface area contributed by atoms with Gasteiger partial charge in [-0.15, -0.1) is 0 Å². The highest BCUT2D eigenvalue weighted by Gasteiger charge is 2.13. The molecule has 3 rings (SSSR count). The van der Waals surface area contributed by atoms with E-state index in [1.165, 1.54) is 7.11 Å². The normalized spacial score (nSPS) is 10.3. The smallest absolute Gasteiger partial charge is 0.338 e. The first-order valence-electron chi connectivity index (χ1n) is 7.38. The van der Waals surface area contributed by atoms with Gasteiger partial charge in [-0.05, 0) is 56.1 Å². The minimum absolute atomic E-state index is 0.282. The number of aromatic nitrogens is 2. The summed E-state index contributed by atoms with van der Waals surface area (Å²) in [6.45, 7) is 0. The van der Waals surface area contributed by atoms with Crippen LogP contribution in [0.5, 0.6) is 23.3 Å². The molecule has 0 spiro atoms. The van der Waals surface area contributed by atoms with Crippen LogP contribution in [0.4, 0.5) is 0 Å². The van der Waals surface area contributed by atoms with E-state index in [4.69, 9.17) is 14.2 Å². The largest absolute Gasteiger partial charge is 0.465 e. The first kappa shape index (κ1) is 18.3. The molecule has 8 heteroatoms. The summed E-state index contributed by atoms with van der Waals surface area (Å²) in [5.74, 6) is 0.984. The number of nitrogens with zero attached hydrogens (tertiary/aromatic N) is 2. The molecule has 0 amide bonds. The van der Waals surface area contributed by atoms with Gasteiger partial charge in [-0.3, -0.25) is 0 Å². The van der Waals surface area contributed by atoms with Gasteiger partial charge >= 0.3 is 5.97 Å². The monoisotopic (exact) mass is 478 g/mol. The second-order valence-corrected chi connectivity index (χ2v) is 6.61. The van der Waals surface area contributed by atoms with E-state index >= 15 is 0 Å². The molecule has 2 heterocycles. The van der Waals surface area contributed by atoms with Crippen molar-refractivity contribution >= 4 is 37.8 Å². The summed E-state index contributed by atoms with van der Waals surface area (Å²) >= 11 is 6.57. The molecule has 0 fully saturated rings. The lowest BCUT2D eigenvalue weighted by Crippen LogP contribution is -2.02. The second-order valence-electron chi connectivity index (χ2n) is 4.99. The SMILES string of the molecule is COC(=O)c1cc(Oc2cccc(Br)n2)cc(Oc2cccc(Br)n2)c1. The average molecular weight is 480 g/mol. The topological polar surface area (TPSA) is 70.5 Å². The molecule has 0 atom stereocenters. The molecule has 0 saturated carbocycles. The minimum atomic E-state index is -0.510. The van der Waals surface area contributed by atoms with E-state index in [9.17, 15) is 4.79 Å². The fourth-order valence-electron chi connectivity index (χ4n) is 2.06. The van der Waals surface area contributed by atoms with E-state index in [1.807, 2.05) is 0 Å². The number of rotatable bonds is 5. The van der Waals surface area contributed by atoms with Crippen LogP contribution in [0, 0.1) is 0 Å². The molecule has 0 saturated heterocycles. The lowest BCUT2D eigenvalue weighted by molar-refractivity contribution is 0.0600. The Morgan fingerprint density at radius 2 is 1.35 bits per heavy atom. The van der Waals surface area contributed by atoms with Gasteiger partial charge in [0.25, 0.3) is 0 Å². The molecule has 0 radical (unpaired) electrons. The van der Waals surface area contributed by atoms with E-state index in [2.05, 4.69) is 41.8 Å². The summed E-state index contributed by atoms with van der Waals surface area (Å²) in [6, 6.07) is 15.3. The predicted molar refractivity (Wildman–Crippen MR) is 102 cm³/mol. The van der Waals surface area contributed by atoms with E-state index in [-0.39, 0.29) is 5.56 Å². The Hall–Kier alpha value is -2.45. The number of hydrogen-bond donors (Lipinski definition) is 0. The standard InChI is InChI=1S/C18H12Br2N2O4/c1-24-18(23)11-8-12(25-16-6-2-4-14(19)21-16)10-13(9-11)26-17-7-3-5-15(20)22-17/h2-10H,1H3. The molecular formula is C18H12Br2N2O4. The van der Waals surface area contributed by atoms with Crippen LogP contribution >= 0.6 is 31.9 Å². The molecule has 0 N–H and O–H groups in total. The second kappa shape index (κ2) is 8.29. The van der Waals surface area contributed by atoms with Gasteiger partial charge in [-0.2, -0.15) is 0 Å². The zero-order valence-electron chi connectivity index (χ0n) is 13.5. The van der Waals surface area contributed by atoms with Crippen molar-refractivity contribution in [2.75, 3.05) is 7.11 Å². The third-order valence-corrected chi connectivity index (χ3v) is 4.01. The van der Waals surface area contributed by atoms with Crippen molar-refractivity contribution in [1.29, 1.82) is 0 Å². The van der Waals surface area contributed by atoms with Gasteiger partial charge < -0.3 is 14.2 Å². The summed E-state index contributed by atoms with van der Waals surface area (Å²) in [5, 5.41) is 0. The summed E-state index contributed by atoms with van der Waals surface area (Å²) < 4.78 is 17.5. The van der Waals surface area contributed by atoms with Crippen LogP contribution in [0.1, 0.15) is 10.4 Å². The van der Waals surface area contributed by atoms with Crippen molar-refractivity contribution in [2.45, 2.75) is 0 Å². The Morgan fingerprint density at radius 3 is 1.77 bits per heavy atom. The molecule has 26 heavy (non-hydrogen) atoms. The Balaban J connectivity index is 1.94. The van der Waals surface area contributed by atoms with Crippen molar-refractivity contribution < 1.29 is 19.0 Å². The number of pyridine rings is 2. The van der Waals surface area contributed by atoms with Gasteiger partial charge in [0, 0.05) is 18.2 Å². The fourth-order valence-corrected chi connectivity index (χ4v) is 2.71. The zero-order valence-corrected chi connectivity index (χ0v) is 16.7. The molecule has 3 aromatic rings. The van der Waals surface area contributed by atoms with Crippen molar-refractivity contribution in [3.8, 4) is 23.3 Å². The van der Waals surface area contributed by atoms with Crippen LogP contribution in [-0.4, -0.2) is 23.0 Å². The molecule has 0 bridgehead atoms. The predicted octanol–water partition coefficient (Wildman–Crippen LogP) is 5.37. The minimum Gasteiger partial charge on any atom is -0.465 e. The highest BCUT2D eigenvalue weighted by molar-refractivity contribution is 9.10. The number of carbonyl (C=O) groups is 1. The van der Waals surface area contributed by atoms with Crippen molar-refractivity contribution in [2.24, 2.45) is 0 Å². The number of hydrogen-bond acceptors (Lipinski definition) is 6. The number of benzene rings is 1. The molecule has 0 aliphatic rings. The summed E-state index contributed by atoms with van der Waals surface area (Å²) in [5.41, 5.74) is 0.282. The zero-order chi connectivity index (χ0) is 18.5. The molecule has 0 aliphatic carbocycles. The molecule has 0 unspecified atom stereocenters. The van der Waals surface area contributed by atoms with Gasteiger partial charge in [0.05, 0.1) is 12.7 Å². The third kappa shape index (κ3) is 4.80. The summed E-state index contributed by atoms with van der Waals surface area (Å²) in [6.07, 6.45) is 0. The Bertz CT molecular complexity index is 884. The molecule has 132 valence electrons. The van der Waals surface area contributed by atoms with Crippen LogP contribution in [0.3, 0.4) is 0 Å². The Morgan fingerprint density at radius 1 is 0.846 bits per heavy atom. The first-order chi connectivity index (χ1) is 12.5. The molecule has 1 aromatic carbocycles. The molecular weight excluding hydrogens is 468 g/mol. The van der Waals surface area contributed by atoms with Crippen LogP contribution in [0.25, 0.3) is 0 Å². The van der Waals surface area contributed by atoms with E-state index < -0.39 is 5.97 Å². The highest BCUT2D eigenvalue weighted by atomic mass is 79.9. The Labute approximate surface area is 166 Å². The molecule has 6 nitrogen and oxygen atoms in total. The van der Waals surface area contributed by atoms with Gasteiger partial charge in [-0.25, -0.2) is 14.8 Å². The number of methoxy groups -OCH3 is 1. The van der Waals surface area contributed by atoms with Gasteiger partial charge in [0.15, 0.2) is 0 Å². The maximum Gasteiger partial charge on any atom is 0.338 e. The first-order valence-corrected chi connectivity index (χ1v) is 8.96. The number of esters is 1. The Kier molecular flexibility index (Phi) is 5.85. The van der Waals surface area contributed by atoms with Crippen molar-refractivity contribution in [1.82, 2.24) is 9.97 Å². The van der Waals surface area contributed by atoms with Crippen LogP contribution < -0.4 is 9.47 Å². The quantitative estimate of drug-likeness (QED) is 0.361. The molecule has 2 aromatic heterocycles. The number of ether oxygens (including phenoxy) is 3. The summed E-state index contributed by atoms with van der Waals surface area (Å²) in [4.78, 5) is 20.4. The number of halogens is 2. The van der Waals surface area contributed by atoms with Gasteiger partial charge in [0.1, 0.15) is 20.7 Å². The van der Waals surface area contributed by atoms with E-state index in [1.54, 1.807) is 54.6 Å². The maximum atomic E-state index is 12.0. The number of carbonyl (C=O) groups excluding carboxylic acids is 1. The van der Waals surface area contributed by atoms with Gasteiger partial charge in [0.2, 0.25) is 11.8 Å². The third-order valence-electron chi connectivity index (χ3n) is 3.13. The van der Waals surface area contributed by atoms with Crippen LogP contribution in [0.15, 0.2) is 63.8 Å². The summed E-state index contributed by atoms with van der Waals surface area (Å²) in [7, 11) is 1.31. The van der Waals surface area contributed by atoms with Gasteiger partial charge in [-0.1, -0.05) is 12.1 Å². The van der Waals surface area contributed by atoms with Crippen molar-refractivity contribution in [3.05, 3.63) is 69.4 Å². The van der Waals surface area contributed by atoms with E-state index in [0.29, 0.717) is 32.5 Å². The van der Waals surface area contributed by atoms with E-state index in [0.717, 1.165) is 0 Å². The van der Waals surface area contributed by atoms with Crippen LogP contribution in [0.2, 0.25) is 0 Å². The fraction of sp³-hybridized carbons (Fsp3) is 0.0556. The maximum absolute atomic E-state index is 12.0. The average Bonchev–Trinajstić information content (AvgIpc) is 2.61. The van der Waals surface area contributed by atoms with Crippen molar-refractivity contribution in [3.63, 3.8) is 0 Å². The lowest BCUT2D eigenvalue weighted by Gasteiger charge is -2.11.